The van der Waals surface area contributed by atoms with Crippen molar-refractivity contribution < 1.29 is 9.13 Å². The van der Waals surface area contributed by atoms with Gasteiger partial charge in [-0.05, 0) is 32.2 Å². The van der Waals surface area contributed by atoms with Crippen LogP contribution in [0.4, 0.5) is 10.3 Å². The summed E-state index contributed by atoms with van der Waals surface area (Å²) >= 11 is 0. The van der Waals surface area contributed by atoms with Crippen molar-refractivity contribution in [2.24, 2.45) is 0 Å². The number of hydrogen-bond acceptors (Lipinski definition) is 7. The number of anilines is 1. The zero-order valence-corrected chi connectivity index (χ0v) is 15.7. The van der Waals surface area contributed by atoms with Crippen LogP contribution >= 0.6 is 0 Å². The van der Waals surface area contributed by atoms with Crippen molar-refractivity contribution in [2.45, 2.75) is 37.6 Å². The summed E-state index contributed by atoms with van der Waals surface area (Å²) in [6, 6.07) is 2.08. The number of hydrogen-bond donors (Lipinski definition) is 2. The van der Waals surface area contributed by atoms with Crippen LogP contribution in [-0.4, -0.2) is 50.8 Å². The highest BCUT2D eigenvalue weighted by Gasteiger charge is 2.30. The maximum atomic E-state index is 14.6. The molecule has 2 aliphatic rings. The molecule has 28 heavy (non-hydrogen) atoms. The van der Waals surface area contributed by atoms with E-state index in [1.807, 2.05) is 6.07 Å². The lowest BCUT2D eigenvalue weighted by molar-refractivity contribution is 0.405. The van der Waals surface area contributed by atoms with Gasteiger partial charge in [0.1, 0.15) is 22.8 Å². The number of rotatable bonds is 5. The highest BCUT2D eigenvalue weighted by atomic mass is 19.1. The largest absolute Gasteiger partial charge is 0.495 e. The molecule has 1 aliphatic carbocycles. The number of aromatic nitrogens is 5. The molecule has 1 saturated carbocycles. The number of nitrogens with zero attached hydrogens (tertiary/aromatic N) is 5. The van der Waals surface area contributed by atoms with E-state index in [0.29, 0.717) is 23.2 Å². The Labute approximate surface area is 161 Å². The summed E-state index contributed by atoms with van der Waals surface area (Å²) in [5.41, 5.74) is 2.17. The average Bonchev–Trinajstić information content (AvgIpc) is 3.49. The summed E-state index contributed by atoms with van der Waals surface area (Å²) in [6.07, 6.45) is 7.09. The minimum absolute atomic E-state index is 0.188. The number of nitrogens with one attached hydrogen (secondary N) is 2. The van der Waals surface area contributed by atoms with Gasteiger partial charge in [0.15, 0.2) is 11.5 Å². The summed E-state index contributed by atoms with van der Waals surface area (Å²) in [4.78, 5) is 12.9. The van der Waals surface area contributed by atoms with Gasteiger partial charge in [0.25, 0.3) is 0 Å². The van der Waals surface area contributed by atoms with Gasteiger partial charge < -0.3 is 15.4 Å². The van der Waals surface area contributed by atoms with Gasteiger partial charge in [0, 0.05) is 24.6 Å². The zero-order chi connectivity index (χ0) is 19.1. The fourth-order valence-corrected chi connectivity index (χ4v) is 3.65. The minimum atomic E-state index is -0.500. The molecule has 1 aliphatic heterocycles. The lowest BCUT2D eigenvalue weighted by atomic mass is 10.1. The standard InChI is InChI=1S/C19H22FN7O/c1-28-15-7-16-22-10-14(27(16)26-17(15)11-4-5-11)18-13(20)9-23-19(25-18)24-12-3-2-6-21-8-12/h7,9-12,21H,2-6,8H2,1H3,(H,23,24,25)/t12-/m1/s1. The van der Waals surface area contributed by atoms with E-state index in [1.165, 1.54) is 6.20 Å². The fraction of sp³-hybridized carbons (Fsp3) is 0.474. The molecule has 0 radical (unpaired) electrons. The Morgan fingerprint density at radius 2 is 2.14 bits per heavy atom. The summed E-state index contributed by atoms with van der Waals surface area (Å²) in [5, 5.41) is 11.3. The van der Waals surface area contributed by atoms with Gasteiger partial charge in [-0.2, -0.15) is 5.10 Å². The molecule has 3 aromatic rings. The first-order valence-electron chi connectivity index (χ1n) is 9.66. The van der Waals surface area contributed by atoms with Crippen LogP contribution in [0.5, 0.6) is 5.75 Å². The Balaban J connectivity index is 1.53. The van der Waals surface area contributed by atoms with E-state index in [-0.39, 0.29) is 11.7 Å². The van der Waals surface area contributed by atoms with Crippen LogP contribution in [0, 0.1) is 5.82 Å². The molecule has 4 heterocycles. The van der Waals surface area contributed by atoms with Crippen LogP contribution in [0.2, 0.25) is 0 Å². The van der Waals surface area contributed by atoms with E-state index in [0.717, 1.165) is 50.2 Å². The summed E-state index contributed by atoms with van der Waals surface area (Å²) in [7, 11) is 1.63. The van der Waals surface area contributed by atoms with Gasteiger partial charge in [-0.1, -0.05) is 0 Å². The first kappa shape index (κ1) is 17.3. The zero-order valence-electron chi connectivity index (χ0n) is 15.7. The van der Waals surface area contributed by atoms with Gasteiger partial charge in [-0.15, -0.1) is 0 Å². The number of halogens is 1. The maximum absolute atomic E-state index is 14.6. The highest BCUT2D eigenvalue weighted by molar-refractivity contribution is 5.62. The fourth-order valence-electron chi connectivity index (χ4n) is 3.65. The molecule has 0 amide bonds. The maximum Gasteiger partial charge on any atom is 0.223 e. The molecule has 2 N–H and O–H groups in total. The molecule has 1 atom stereocenters. The summed E-state index contributed by atoms with van der Waals surface area (Å²) < 4.78 is 21.7. The average molecular weight is 383 g/mol. The van der Waals surface area contributed by atoms with Gasteiger partial charge in [0.05, 0.1) is 19.5 Å². The normalized spacial score (nSPS) is 19.7. The molecule has 0 bridgehead atoms. The third-order valence-corrected chi connectivity index (χ3v) is 5.29. The molecule has 9 heteroatoms. The van der Waals surface area contributed by atoms with Gasteiger partial charge >= 0.3 is 0 Å². The third-order valence-electron chi connectivity index (χ3n) is 5.29. The Morgan fingerprint density at radius 3 is 2.89 bits per heavy atom. The van der Waals surface area contributed by atoms with E-state index in [1.54, 1.807) is 17.8 Å². The van der Waals surface area contributed by atoms with Crippen molar-refractivity contribution in [1.82, 2.24) is 29.9 Å². The number of imidazole rings is 1. The molecule has 3 aromatic heterocycles. The van der Waals surface area contributed by atoms with Crippen molar-refractivity contribution in [3.63, 3.8) is 0 Å². The second-order valence-electron chi connectivity index (χ2n) is 7.36. The number of methoxy groups -OCH3 is 1. The highest BCUT2D eigenvalue weighted by Crippen LogP contribution is 2.43. The molecular formula is C19H22FN7O. The molecule has 146 valence electrons. The first-order chi connectivity index (χ1) is 13.7. The predicted octanol–water partition coefficient (Wildman–Crippen LogP) is 2.38. The quantitative estimate of drug-likeness (QED) is 0.699. The Bertz CT molecular complexity index is 1010. The number of piperidine rings is 1. The Morgan fingerprint density at radius 1 is 1.25 bits per heavy atom. The summed E-state index contributed by atoms with van der Waals surface area (Å²) in [5.74, 6) is 1.03. The summed E-state index contributed by atoms with van der Waals surface area (Å²) in [6.45, 7) is 1.87. The van der Waals surface area contributed by atoms with Crippen molar-refractivity contribution >= 4 is 11.6 Å². The van der Waals surface area contributed by atoms with Crippen LogP contribution in [0.25, 0.3) is 17.0 Å². The van der Waals surface area contributed by atoms with E-state index < -0.39 is 5.82 Å². The second kappa shape index (κ2) is 6.97. The first-order valence-corrected chi connectivity index (χ1v) is 9.66. The topological polar surface area (TPSA) is 89.3 Å². The van der Waals surface area contributed by atoms with Crippen LogP contribution in [0.15, 0.2) is 18.5 Å². The van der Waals surface area contributed by atoms with Crippen molar-refractivity contribution in [3.8, 4) is 17.1 Å². The van der Waals surface area contributed by atoms with Gasteiger partial charge in [-0.25, -0.2) is 23.9 Å². The van der Waals surface area contributed by atoms with E-state index >= 15 is 0 Å². The lowest BCUT2D eigenvalue weighted by Gasteiger charge is -2.23. The van der Waals surface area contributed by atoms with E-state index in [9.17, 15) is 4.39 Å². The second-order valence-corrected chi connectivity index (χ2v) is 7.36. The SMILES string of the molecule is COc1cc2ncc(-c3nc(N[C@@H]4CCCNC4)ncc3F)n2nc1C1CC1. The van der Waals surface area contributed by atoms with Crippen molar-refractivity contribution in [1.29, 1.82) is 0 Å². The molecule has 8 nitrogen and oxygen atoms in total. The van der Waals surface area contributed by atoms with Crippen LogP contribution in [-0.2, 0) is 0 Å². The molecule has 2 fully saturated rings. The van der Waals surface area contributed by atoms with Gasteiger partial charge in [0.2, 0.25) is 5.95 Å². The Hall–Kier alpha value is -2.81. The Kier molecular flexibility index (Phi) is 4.31. The molecule has 0 spiro atoms. The van der Waals surface area contributed by atoms with Crippen molar-refractivity contribution in [3.05, 3.63) is 30.0 Å². The number of fused-ring (bicyclic) bond motifs is 1. The van der Waals surface area contributed by atoms with E-state index in [2.05, 4.69) is 25.6 Å². The smallest absolute Gasteiger partial charge is 0.223 e. The minimum Gasteiger partial charge on any atom is -0.495 e. The van der Waals surface area contributed by atoms with Crippen molar-refractivity contribution in [2.75, 3.05) is 25.5 Å². The molecular weight excluding hydrogens is 361 g/mol. The van der Waals surface area contributed by atoms with E-state index in [4.69, 9.17) is 9.84 Å². The molecule has 0 unspecified atom stereocenters. The molecule has 5 rings (SSSR count). The van der Waals surface area contributed by atoms with Crippen LogP contribution < -0.4 is 15.4 Å². The van der Waals surface area contributed by atoms with Crippen LogP contribution in [0.1, 0.15) is 37.3 Å². The van der Waals surface area contributed by atoms with Crippen LogP contribution in [0.3, 0.4) is 0 Å². The lowest BCUT2D eigenvalue weighted by Crippen LogP contribution is -2.38. The molecule has 0 aromatic carbocycles. The molecule has 1 saturated heterocycles. The monoisotopic (exact) mass is 383 g/mol. The van der Waals surface area contributed by atoms with Gasteiger partial charge in [-0.3, -0.25) is 0 Å². The number of ether oxygens (including phenoxy) is 1. The third kappa shape index (κ3) is 3.15. The predicted molar refractivity (Wildman–Crippen MR) is 102 cm³/mol.